The van der Waals surface area contributed by atoms with Gasteiger partial charge in [0.25, 0.3) is 0 Å². The highest BCUT2D eigenvalue weighted by molar-refractivity contribution is 5.96. The summed E-state index contributed by atoms with van der Waals surface area (Å²) in [5.41, 5.74) is 0.659. The van der Waals surface area contributed by atoms with E-state index < -0.39 is 12.6 Å². The summed E-state index contributed by atoms with van der Waals surface area (Å²) in [4.78, 5) is 38.2. The third-order valence-electron chi connectivity index (χ3n) is 4.21. The Morgan fingerprint density at radius 1 is 1.16 bits per heavy atom. The van der Waals surface area contributed by atoms with Gasteiger partial charge >= 0.3 is 5.97 Å². The Bertz CT molecular complexity index is 614. The quantitative estimate of drug-likeness (QED) is 0.848. The molecule has 1 N–H and O–H groups in total. The monoisotopic (exact) mass is 348 g/mol. The lowest BCUT2D eigenvalue weighted by atomic mass is 10.1. The summed E-state index contributed by atoms with van der Waals surface area (Å²) in [5.74, 6) is -0.743. The van der Waals surface area contributed by atoms with Crippen LogP contribution in [0.1, 0.15) is 32.1 Å². The summed E-state index contributed by atoms with van der Waals surface area (Å²) in [6.45, 7) is 0.290. The van der Waals surface area contributed by atoms with Crippen molar-refractivity contribution in [1.82, 2.24) is 4.90 Å². The number of amides is 2. The highest BCUT2D eigenvalue weighted by atomic mass is 16.5. The second kappa shape index (κ2) is 9.05. The summed E-state index contributed by atoms with van der Waals surface area (Å²) >= 11 is 0. The molecule has 25 heavy (non-hydrogen) atoms. The maximum atomic E-state index is 12.5. The third-order valence-corrected chi connectivity index (χ3v) is 4.21. The van der Waals surface area contributed by atoms with Crippen molar-refractivity contribution in [2.24, 2.45) is 0 Å². The number of benzene rings is 1. The Hall–Kier alpha value is -2.57. The van der Waals surface area contributed by atoms with E-state index in [1.807, 2.05) is 0 Å². The topological polar surface area (TPSA) is 87.2 Å². The summed E-state index contributed by atoms with van der Waals surface area (Å²) in [6, 6.07) is 6.60. The van der Waals surface area contributed by atoms with Crippen LogP contribution in [0.4, 0.5) is 5.69 Å². The van der Waals surface area contributed by atoms with Gasteiger partial charge in [0, 0.05) is 25.7 Å². The molecule has 0 bridgehead atoms. The van der Waals surface area contributed by atoms with E-state index >= 15 is 0 Å². The van der Waals surface area contributed by atoms with Gasteiger partial charge in [-0.2, -0.15) is 0 Å². The fourth-order valence-electron chi connectivity index (χ4n) is 2.71. The summed E-state index contributed by atoms with van der Waals surface area (Å²) < 4.78 is 5.07. The Balaban J connectivity index is 1.94. The highest BCUT2D eigenvalue weighted by Crippen LogP contribution is 2.19. The molecule has 1 aliphatic heterocycles. The SMILES string of the molecule is CN(C(=O)CN1CCCCCCC1=O)c1ccc(OCC(=O)O)cc1. The molecule has 0 aromatic heterocycles. The maximum absolute atomic E-state index is 12.5. The molecule has 1 aliphatic rings. The Morgan fingerprint density at radius 3 is 2.52 bits per heavy atom. The third kappa shape index (κ3) is 5.77. The van der Waals surface area contributed by atoms with Gasteiger partial charge in [0.05, 0.1) is 0 Å². The van der Waals surface area contributed by atoms with Gasteiger partial charge in [0.2, 0.25) is 11.8 Å². The lowest BCUT2D eigenvalue weighted by molar-refractivity contribution is -0.139. The minimum Gasteiger partial charge on any atom is -0.482 e. The van der Waals surface area contributed by atoms with Crippen molar-refractivity contribution in [1.29, 1.82) is 0 Å². The smallest absolute Gasteiger partial charge is 0.341 e. The normalized spacial score (nSPS) is 15.2. The molecule has 0 spiro atoms. The number of carbonyl (C=O) groups excluding carboxylic acids is 2. The maximum Gasteiger partial charge on any atom is 0.341 e. The first-order valence-corrected chi connectivity index (χ1v) is 8.46. The molecule has 1 aromatic carbocycles. The van der Waals surface area contributed by atoms with Gasteiger partial charge in [-0.3, -0.25) is 9.59 Å². The zero-order chi connectivity index (χ0) is 18.2. The molecular weight excluding hydrogens is 324 g/mol. The number of carboxylic acid groups (broad SMARTS) is 1. The molecule has 2 amide bonds. The van der Waals surface area contributed by atoms with E-state index in [4.69, 9.17) is 9.84 Å². The fourth-order valence-corrected chi connectivity index (χ4v) is 2.71. The summed E-state index contributed by atoms with van der Waals surface area (Å²) in [7, 11) is 1.66. The van der Waals surface area contributed by atoms with Crippen molar-refractivity contribution in [2.75, 3.05) is 31.6 Å². The second-order valence-corrected chi connectivity index (χ2v) is 6.11. The van der Waals surface area contributed by atoms with Gasteiger partial charge < -0.3 is 19.6 Å². The minimum absolute atomic E-state index is 0.0406. The van der Waals surface area contributed by atoms with Gasteiger partial charge in [-0.25, -0.2) is 4.79 Å². The highest BCUT2D eigenvalue weighted by Gasteiger charge is 2.21. The number of hydrogen-bond acceptors (Lipinski definition) is 4. The van der Waals surface area contributed by atoms with Crippen LogP contribution in [0.3, 0.4) is 0 Å². The lowest BCUT2D eigenvalue weighted by Crippen LogP contribution is -2.42. The van der Waals surface area contributed by atoms with Crippen molar-refractivity contribution < 1.29 is 24.2 Å². The molecule has 0 radical (unpaired) electrons. The largest absolute Gasteiger partial charge is 0.482 e. The zero-order valence-corrected chi connectivity index (χ0v) is 14.4. The number of rotatable bonds is 6. The second-order valence-electron chi connectivity index (χ2n) is 6.11. The van der Waals surface area contributed by atoms with Crippen LogP contribution in [-0.4, -0.2) is 54.5 Å². The molecule has 1 heterocycles. The van der Waals surface area contributed by atoms with Crippen LogP contribution in [-0.2, 0) is 14.4 Å². The molecule has 7 heteroatoms. The molecule has 0 aliphatic carbocycles. The first-order chi connectivity index (χ1) is 12.0. The number of carboxylic acids is 1. The molecule has 1 fully saturated rings. The average Bonchev–Trinajstić information content (AvgIpc) is 2.59. The summed E-state index contributed by atoms with van der Waals surface area (Å²) in [5, 5.41) is 8.60. The van der Waals surface area contributed by atoms with Crippen LogP contribution in [0.2, 0.25) is 0 Å². The molecule has 2 rings (SSSR count). The van der Waals surface area contributed by atoms with E-state index in [0.29, 0.717) is 24.4 Å². The van der Waals surface area contributed by atoms with Crippen LogP contribution in [0, 0.1) is 0 Å². The number of anilines is 1. The fraction of sp³-hybridized carbons (Fsp3) is 0.500. The molecular formula is C18H24N2O5. The molecule has 1 aromatic rings. The van der Waals surface area contributed by atoms with Crippen molar-refractivity contribution in [3.8, 4) is 5.75 Å². The van der Waals surface area contributed by atoms with Crippen LogP contribution < -0.4 is 9.64 Å². The molecule has 0 unspecified atom stereocenters. The van der Waals surface area contributed by atoms with Crippen LogP contribution in [0.5, 0.6) is 5.75 Å². The van der Waals surface area contributed by atoms with E-state index in [9.17, 15) is 14.4 Å². The molecule has 136 valence electrons. The van der Waals surface area contributed by atoms with Gasteiger partial charge in [-0.05, 0) is 37.1 Å². The molecule has 0 atom stereocenters. The van der Waals surface area contributed by atoms with Gasteiger partial charge in [0.15, 0.2) is 6.61 Å². The average molecular weight is 348 g/mol. The van der Waals surface area contributed by atoms with E-state index in [1.165, 1.54) is 4.90 Å². The Labute approximate surface area is 147 Å². The van der Waals surface area contributed by atoms with E-state index in [-0.39, 0.29) is 18.4 Å². The Kier molecular flexibility index (Phi) is 6.80. The van der Waals surface area contributed by atoms with Crippen molar-refractivity contribution in [3.05, 3.63) is 24.3 Å². The van der Waals surface area contributed by atoms with E-state index in [0.717, 1.165) is 25.7 Å². The van der Waals surface area contributed by atoms with Crippen molar-refractivity contribution in [2.45, 2.75) is 32.1 Å². The first-order valence-electron chi connectivity index (χ1n) is 8.46. The van der Waals surface area contributed by atoms with Crippen LogP contribution in [0.25, 0.3) is 0 Å². The molecule has 7 nitrogen and oxygen atoms in total. The van der Waals surface area contributed by atoms with Crippen molar-refractivity contribution >= 4 is 23.5 Å². The Morgan fingerprint density at radius 2 is 1.84 bits per heavy atom. The number of ether oxygens (including phenoxy) is 1. The van der Waals surface area contributed by atoms with Gasteiger partial charge in [-0.15, -0.1) is 0 Å². The van der Waals surface area contributed by atoms with E-state index in [2.05, 4.69) is 0 Å². The van der Waals surface area contributed by atoms with Gasteiger partial charge in [0.1, 0.15) is 12.3 Å². The predicted molar refractivity (Wildman–Crippen MR) is 92.6 cm³/mol. The lowest BCUT2D eigenvalue weighted by Gasteiger charge is -2.27. The number of nitrogens with zero attached hydrogens (tertiary/aromatic N) is 2. The number of aliphatic carboxylic acids is 1. The van der Waals surface area contributed by atoms with Crippen LogP contribution >= 0.6 is 0 Å². The predicted octanol–water partition coefficient (Wildman–Crippen LogP) is 1.91. The molecule has 1 saturated heterocycles. The number of carbonyl (C=O) groups is 3. The standard InChI is InChI=1S/C18H24N2O5/c1-19(14-7-9-15(10-8-14)25-13-18(23)24)17(22)12-20-11-5-3-2-4-6-16(20)21/h7-10H,2-6,11-13H2,1H3,(H,23,24). The first kappa shape index (κ1) is 18.8. The van der Waals surface area contributed by atoms with E-state index in [1.54, 1.807) is 36.2 Å². The number of hydrogen-bond donors (Lipinski definition) is 1. The number of likely N-dealkylation sites (tertiary alicyclic amines) is 1. The summed E-state index contributed by atoms with van der Waals surface area (Å²) in [6.07, 6.45) is 4.48. The zero-order valence-electron chi connectivity index (χ0n) is 14.4. The van der Waals surface area contributed by atoms with Gasteiger partial charge in [-0.1, -0.05) is 12.8 Å². The molecule has 0 saturated carbocycles. The van der Waals surface area contributed by atoms with Crippen molar-refractivity contribution in [3.63, 3.8) is 0 Å². The van der Waals surface area contributed by atoms with Crippen LogP contribution in [0.15, 0.2) is 24.3 Å². The minimum atomic E-state index is -1.05. The number of likely N-dealkylation sites (N-methyl/N-ethyl adjacent to an activating group) is 1.